The lowest BCUT2D eigenvalue weighted by molar-refractivity contribution is 0.457. The van der Waals surface area contributed by atoms with Crippen molar-refractivity contribution in [2.75, 3.05) is 18.0 Å². The molecule has 0 radical (unpaired) electrons. The highest BCUT2D eigenvalue weighted by atomic mass is 32.2. The Kier molecular flexibility index (Phi) is 5.43. The summed E-state index contributed by atoms with van der Waals surface area (Å²) < 4.78 is 28.3. The van der Waals surface area contributed by atoms with Crippen molar-refractivity contribution in [1.29, 1.82) is 0 Å². The largest absolute Gasteiger partial charge is 0.341 e. The zero-order valence-electron chi connectivity index (χ0n) is 16.8. The van der Waals surface area contributed by atoms with Gasteiger partial charge in [0.2, 0.25) is 16.0 Å². The zero-order valence-corrected chi connectivity index (χ0v) is 18.4. The van der Waals surface area contributed by atoms with Crippen LogP contribution in [0.15, 0.2) is 76.3 Å². The summed E-state index contributed by atoms with van der Waals surface area (Å²) in [6.07, 6.45) is 1.42. The zero-order chi connectivity index (χ0) is 21.3. The van der Waals surface area contributed by atoms with Crippen LogP contribution < -0.4 is 9.62 Å². The van der Waals surface area contributed by atoms with Crippen molar-refractivity contribution in [2.24, 2.45) is 0 Å². The maximum Gasteiger partial charge on any atom is 0.250 e. The van der Waals surface area contributed by atoms with Crippen molar-refractivity contribution in [3.63, 3.8) is 0 Å². The molecule has 0 spiro atoms. The van der Waals surface area contributed by atoms with Crippen LogP contribution in [0.4, 0.5) is 5.95 Å². The number of anilines is 1. The Balaban J connectivity index is 1.38. The molecule has 8 heteroatoms. The third-order valence-electron chi connectivity index (χ3n) is 5.50. The van der Waals surface area contributed by atoms with E-state index < -0.39 is 10.0 Å². The number of piperidine rings is 1. The van der Waals surface area contributed by atoms with E-state index >= 15 is 0 Å². The van der Waals surface area contributed by atoms with Gasteiger partial charge in [-0.1, -0.05) is 54.6 Å². The van der Waals surface area contributed by atoms with E-state index in [1.165, 1.54) is 11.3 Å². The van der Waals surface area contributed by atoms with Crippen molar-refractivity contribution in [2.45, 2.75) is 23.1 Å². The van der Waals surface area contributed by atoms with Crippen molar-refractivity contribution in [1.82, 2.24) is 14.7 Å². The number of benzene rings is 2. The molecule has 1 N–H and O–H groups in total. The number of rotatable bonds is 5. The van der Waals surface area contributed by atoms with E-state index in [4.69, 9.17) is 9.97 Å². The fourth-order valence-electron chi connectivity index (χ4n) is 3.91. The molecule has 1 saturated heterocycles. The normalized spacial score (nSPS) is 15.4. The standard InChI is InChI=1S/C23H22N4O2S2/c28-31(29,21-11-6-16-30-21)26-18-12-14-27(15-13-18)23-24-20-10-5-4-9-19(20)22(25-23)17-7-2-1-3-8-17/h1-11,16,18,26H,12-15H2. The van der Waals surface area contributed by atoms with E-state index in [0.29, 0.717) is 36.1 Å². The Morgan fingerprint density at radius 2 is 1.65 bits per heavy atom. The van der Waals surface area contributed by atoms with Gasteiger partial charge in [-0.2, -0.15) is 0 Å². The molecule has 0 unspecified atom stereocenters. The van der Waals surface area contributed by atoms with Crippen molar-refractivity contribution in [3.8, 4) is 11.3 Å². The molecule has 0 atom stereocenters. The molecule has 1 fully saturated rings. The summed E-state index contributed by atoms with van der Waals surface area (Å²) in [5, 5.41) is 2.80. The SMILES string of the molecule is O=S(=O)(NC1CCN(c2nc(-c3ccccc3)c3ccccc3n2)CC1)c1cccs1. The van der Waals surface area contributed by atoms with Gasteiger partial charge in [0.25, 0.3) is 0 Å². The minimum absolute atomic E-state index is 0.0857. The van der Waals surface area contributed by atoms with Crippen LogP contribution >= 0.6 is 11.3 Å². The van der Waals surface area contributed by atoms with Crippen LogP contribution in [0.1, 0.15) is 12.8 Å². The number of nitrogens with one attached hydrogen (secondary N) is 1. The Bertz CT molecular complexity index is 1280. The fourth-order valence-corrected chi connectivity index (χ4v) is 6.23. The number of aromatic nitrogens is 2. The van der Waals surface area contributed by atoms with Gasteiger partial charge in [0.1, 0.15) is 4.21 Å². The second-order valence-electron chi connectivity index (χ2n) is 7.57. The first-order valence-corrected chi connectivity index (χ1v) is 12.6. The maximum atomic E-state index is 12.5. The lowest BCUT2D eigenvalue weighted by Crippen LogP contribution is -2.45. The Morgan fingerprint density at radius 3 is 2.39 bits per heavy atom. The number of fused-ring (bicyclic) bond motifs is 1. The van der Waals surface area contributed by atoms with E-state index in [1.807, 2.05) is 42.5 Å². The van der Waals surface area contributed by atoms with E-state index in [-0.39, 0.29) is 6.04 Å². The van der Waals surface area contributed by atoms with Crippen molar-refractivity contribution in [3.05, 3.63) is 72.1 Å². The predicted octanol–water partition coefficient (Wildman–Crippen LogP) is 4.31. The number of hydrogen-bond donors (Lipinski definition) is 1. The first-order chi connectivity index (χ1) is 15.1. The number of para-hydroxylation sites is 1. The summed E-state index contributed by atoms with van der Waals surface area (Å²) in [7, 11) is -3.45. The predicted molar refractivity (Wildman–Crippen MR) is 125 cm³/mol. The quantitative estimate of drug-likeness (QED) is 0.491. The Morgan fingerprint density at radius 1 is 0.903 bits per heavy atom. The second-order valence-corrected chi connectivity index (χ2v) is 10.5. The van der Waals surface area contributed by atoms with E-state index in [1.54, 1.807) is 17.5 Å². The molecule has 4 aromatic rings. The number of sulfonamides is 1. The molecule has 158 valence electrons. The molecule has 0 aliphatic carbocycles. The third-order valence-corrected chi connectivity index (χ3v) is 8.42. The van der Waals surface area contributed by atoms with Gasteiger partial charge in [-0.25, -0.2) is 23.1 Å². The Hall–Kier alpha value is -2.81. The summed E-state index contributed by atoms with van der Waals surface area (Å²) in [6.45, 7) is 1.40. The van der Waals surface area contributed by atoms with Crippen molar-refractivity contribution >= 4 is 38.2 Å². The van der Waals surface area contributed by atoms with Crippen LogP contribution in [0, 0.1) is 0 Å². The third kappa shape index (κ3) is 4.19. The Labute approximate surface area is 185 Å². The summed E-state index contributed by atoms with van der Waals surface area (Å²) >= 11 is 1.24. The van der Waals surface area contributed by atoms with Gasteiger partial charge in [0.05, 0.1) is 11.2 Å². The monoisotopic (exact) mass is 450 g/mol. The van der Waals surface area contributed by atoms with Gasteiger partial charge >= 0.3 is 0 Å². The summed E-state index contributed by atoms with van der Waals surface area (Å²) in [6, 6.07) is 21.5. The van der Waals surface area contributed by atoms with Crippen LogP contribution in [0.3, 0.4) is 0 Å². The van der Waals surface area contributed by atoms with Crippen molar-refractivity contribution < 1.29 is 8.42 Å². The summed E-state index contributed by atoms with van der Waals surface area (Å²) in [4.78, 5) is 11.9. The van der Waals surface area contributed by atoms with Gasteiger partial charge in [0, 0.05) is 30.1 Å². The van der Waals surface area contributed by atoms with Gasteiger partial charge in [-0.05, 0) is 30.4 Å². The molecule has 3 heterocycles. The number of nitrogens with zero attached hydrogens (tertiary/aromatic N) is 3. The topological polar surface area (TPSA) is 75.2 Å². The second kappa shape index (κ2) is 8.37. The molecular formula is C23H22N4O2S2. The van der Waals surface area contributed by atoms with Gasteiger partial charge in [-0.15, -0.1) is 11.3 Å². The first kappa shape index (κ1) is 20.1. The minimum Gasteiger partial charge on any atom is -0.341 e. The molecular weight excluding hydrogens is 428 g/mol. The molecule has 2 aromatic carbocycles. The molecule has 1 aliphatic heterocycles. The highest BCUT2D eigenvalue weighted by Gasteiger charge is 2.26. The molecule has 6 nitrogen and oxygen atoms in total. The smallest absolute Gasteiger partial charge is 0.250 e. The van der Waals surface area contributed by atoms with Gasteiger partial charge in [0.15, 0.2) is 0 Å². The van der Waals surface area contributed by atoms with E-state index in [2.05, 4.69) is 21.8 Å². The van der Waals surface area contributed by atoms with Crippen LogP contribution in [-0.2, 0) is 10.0 Å². The minimum atomic E-state index is -3.45. The van der Waals surface area contributed by atoms with Gasteiger partial charge < -0.3 is 4.90 Å². The number of thiophene rings is 1. The lowest BCUT2D eigenvalue weighted by Gasteiger charge is -2.32. The molecule has 1 aliphatic rings. The molecule has 2 aromatic heterocycles. The summed E-state index contributed by atoms with van der Waals surface area (Å²) in [5.41, 5.74) is 2.88. The highest BCUT2D eigenvalue weighted by molar-refractivity contribution is 7.91. The first-order valence-electron chi connectivity index (χ1n) is 10.2. The fraction of sp³-hybridized carbons (Fsp3) is 0.217. The maximum absolute atomic E-state index is 12.5. The number of hydrogen-bond acceptors (Lipinski definition) is 6. The lowest BCUT2D eigenvalue weighted by atomic mass is 10.1. The van der Waals surface area contributed by atoms with E-state index in [0.717, 1.165) is 22.2 Å². The summed E-state index contributed by atoms with van der Waals surface area (Å²) in [5.74, 6) is 0.692. The van der Waals surface area contributed by atoms with Crippen LogP contribution in [0.2, 0.25) is 0 Å². The average molecular weight is 451 g/mol. The van der Waals surface area contributed by atoms with Crippen LogP contribution in [0.25, 0.3) is 22.2 Å². The molecule has 31 heavy (non-hydrogen) atoms. The molecule has 0 bridgehead atoms. The molecule has 0 amide bonds. The molecule has 0 saturated carbocycles. The molecule has 5 rings (SSSR count). The average Bonchev–Trinajstić information content (AvgIpc) is 3.35. The van der Waals surface area contributed by atoms with Crippen LogP contribution in [-0.4, -0.2) is 37.5 Å². The van der Waals surface area contributed by atoms with E-state index in [9.17, 15) is 8.42 Å². The highest BCUT2D eigenvalue weighted by Crippen LogP contribution is 2.29. The van der Waals surface area contributed by atoms with Gasteiger partial charge in [-0.3, -0.25) is 0 Å². The van der Waals surface area contributed by atoms with Crippen LogP contribution in [0.5, 0.6) is 0 Å².